The van der Waals surface area contributed by atoms with Crippen LogP contribution in [0, 0.1) is 0 Å². The second kappa shape index (κ2) is 1.41. The van der Waals surface area contributed by atoms with E-state index in [-0.39, 0.29) is 0 Å². The van der Waals surface area contributed by atoms with Gasteiger partial charge in [-0.25, -0.2) is 0 Å². The van der Waals surface area contributed by atoms with E-state index in [2.05, 4.69) is 11.8 Å². The molecule has 0 heterocycles. The Hall–Kier alpha value is 0.350. The highest BCUT2D eigenvalue weighted by Gasteiger charge is 2.31. The molecule has 0 aromatic heterocycles. The van der Waals surface area contributed by atoms with Crippen molar-refractivity contribution in [3.63, 3.8) is 0 Å². The average Bonchev–Trinajstić information content (AvgIpc) is 2.33. The third kappa shape index (κ3) is 1.12. The molecule has 0 amide bonds. The lowest BCUT2D eigenvalue weighted by molar-refractivity contribution is 1.44. The van der Waals surface area contributed by atoms with Crippen LogP contribution in [0.4, 0.5) is 0 Å². The van der Waals surface area contributed by atoms with Crippen LogP contribution in [-0.4, -0.2) is 10.5 Å². The highest BCUT2D eigenvalue weighted by atomic mass is 32.2. The lowest BCUT2D eigenvalue weighted by Crippen LogP contribution is -1.74. The second-order valence-electron chi connectivity index (χ2n) is 2.53. The zero-order chi connectivity index (χ0) is 4.69. The summed E-state index contributed by atoms with van der Waals surface area (Å²) in [7, 11) is 0. The largest absolute Gasteiger partial charge is 0.155 e. The molecule has 1 heteroatoms. The average molecular weight is 114 g/mol. The molecule has 40 valence electrons. The molecule has 7 heavy (non-hydrogen) atoms. The van der Waals surface area contributed by atoms with E-state index in [1.807, 2.05) is 0 Å². The zero-order valence-corrected chi connectivity index (χ0v) is 5.21. The van der Waals surface area contributed by atoms with Crippen LogP contribution in [0.25, 0.3) is 0 Å². The molecule has 0 saturated heterocycles. The second-order valence-corrected chi connectivity index (χ2v) is 4.14. The molecule has 0 N–H and O–H groups in total. The highest BCUT2D eigenvalue weighted by Crippen LogP contribution is 2.45. The molecule has 0 bridgehead atoms. The first-order valence-electron chi connectivity index (χ1n) is 3.10. The van der Waals surface area contributed by atoms with Gasteiger partial charge in [0.1, 0.15) is 0 Å². The van der Waals surface area contributed by atoms with Gasteiger partial charge in [-0.05, 0) is 25.7 Å². The van der Waals surface area contributed by atoms with Gasteiger partial charge in [0.15, 0.2) is 0 Å². The van der Waals surface area contributed by atoms with Crippen molar-refractivity contribution in [3.05, 3.63) is 0 Å². The molecule has 0 radical (unpaired) electrons. The SMILES string of the molecule is C1CC1SC1CC1. The maximum atomic E-state index is 2.23. The number of thioether (sulfide) groups is 1. The summed E-state index contributed by atoms with van der Waals surface area (Å²) in [4.78, 5) is 0. The maximum absolute atomic E-state index is 2.23. The molecule has 0 nitrogen and oxygen atoms in total. The first-order chi connectivity index (χ1) is 3.45. The Labute approximate surface area is 48.7 Å². The molecular formula is C6H10S. The standard InChI is InChI=1S/C6H10S/c1-2-5(1)7-6-3-4-6/h5-6H,1-4H2. The van der Waals surface area contributed by atoms with Crippen LogP contribution in [0.15, 0.2) is 0 Å². The third-order valence-corrected chi connectivity index (χ3v) is 3.15. The van der Waals surface area contributed by atoms with Gasteiger partial charge in [0.2, 0.25) is 0 Å². The molecule has 2 aliphatic carbocycles. The first-order valence-corrected chi connectivity index (χ1v) is 4.05. The third-order valence-electron chi connectivity index (χ3n) is 1.43. The smallest absolute Gasteiger partial charge is 0.00506 e. The molecule has 0 atom stereocenters. The van der Waals surface area contributed by atoms with Crippen molar-refractivity contribution in [1.82, 2.24) is 0 Å². The van der Waals surface area contributed by atoms with Gasteiger partial charge in [-0.15, -0.1) is 0 Å². The van der Waals surface area contributed by atoms with Gasteiger partial charge in [-0.1, -0.05) is 0 Å². The fourth-order valence-corrected chi connectivity index (χ4v) is 2.04. The van der Waals surface area contributed by atoms with Gasteiger partial charge >= 0.3 is 0 Å². The fraction of sp³-hybridized carbons (Fsp3) is 1.00. The Balaban J connectivity index is 1.69. The fourth-order valence-electron chi connectivity index (χ4n) is 0.680. The van der Waals surface area contributed by atoms with Gasteiger partial charge < -0.3 is 0 Å². The Morgan fingerprint density at radius 2 is 1.29 bits per heavy atom. The summed E-state index contributed by atoms with van der Waals surface area (Å²) in [6, 6.07) is 0. The monoisotopic (exact) mass is 114 g/mol. The van der Waals surface area contributed by atoms with Crippen molar-refractivity contribution >= 4 is 11.8 Å². The summed E-state index contributed by atoms with van der Waals surface area (Å²) in [5, 5.41) is 2.21. The van der Waals surface area contributed by atoms with Crippen molar-refractivity contribution in [3.8, 4) is 0 Å². The summed E-state index contributed by atoms with van der Waals surface area (Å²) in [5.74, 6) is 0. The van der Waals surface area contributed by atoms with Crippen LogP contribution >= 0.6 is 11.8 Å². The van der Waals surface area contributed by atoms with E-state index < -0.39 is 0 Å². The summed E-state index contributed by atoms with van der Waals surface area (Å²) in [5.41, 5.74) is 0. The predicted molar refractivity (Wildman–Crippen MR) is 33.6 cm³/mol. The van der Waals surface area contributed by atoms with Gasteiger partial charge in [-0.3, -0.25) is 0 Å². The van der Waals surface area contributed by atoms with E-state index in [0.717, 1.165) is 10.5 Å². The van der Waals surface area contributed by atoms with Crippen LogP contribution in [-0.2, 0) is 0 Å². The molecule has 2 fully saturated rings. The molecule has 0 aromatic carbocycles. The van der Waals surface area contributed by atoms with Crippen molar-refractivity contribution in [2.45, 2.75) is 36.2 Å². The van der Waals surface area contributed by atoms with E-state index in [1.54, 1.807) is 0 Å². The Bertz CT molecular complexity index is 62.2. The normalized spacial score (nSPS) is 30.9. The number of rotatable bonds is 2. The molecule has 0 unspecified atom stereocenters. The van der Waals surface area contributed by atoms with Crippen molar-refractivity contribution < 1.29 is 0 Å². The summed E-state index contributed by atoms with van der Waals surface area (Å²) in [6.07, 6.45) is 6.06. The molecular weight excluding hydrogens is 104 g/mol. The van der Waals surface area contributed by atoms with Crippen LogP contribution in [0.5, 0.6) is 0 Å². The quantitative estimate of drug-likeness (QED) is 0.529. The van der Waals surface area contributed by atoms with E-state index in [0.29, 0.717) is 0 Å². The van der Waals surface area contributed by atoms with Crippen LogP contribution in [0.3, 0.4) is 0 Å². The van der Waals surface area contributed by atoms with Crippen molar-refractivity contribution in [1.29, 1.82) is 0 Å². The molecule has 0 spiro atoms. The van der Waals surface area contributed by atoms with Gasteiger partial charge in [0.25, 0.3) is 0 Å². The lowest BCUT2D eigenvalue weighted by Gasteiger charge is -1.87. The predicted octanol–water partition coefficient (Wildman–Crippen LogP) is 2.04. The Morgan fingerprint density at radius 1 is 0.857 bits per heavy atom. The summed E-state index contributed by atoms with van der Waals surface area (Å²) >= 11 is 2.23. The molecule has 2 rings (SSSR count). The first kappa shape index (κ1) is 4.25. The molecule has 0 aliphatic heterocycles. The van der Waals surface area contributed by atoms with E-state index in [4.69, 9.17) is 0 Å². The molecule has 2 saturated carbocycles. The van der Waals surface area contributed by atoms with Crippen molar-refractivity contribution in [2.24, 2.45) is 0 Å². The lowest BCUT2D eigenvalue weighted by atomic mass is 10.9. The topological polar surface area (TPSA) is 0 Å². The highest BCUT2D eigenvalue weighted by molar-refractivity contribution is 8.01. The van der Waals surface area contributed by atoms with Gasteiger partial charge in [-0.2, -0.15) is 11.8 Å². The number of hydrogen-bond donors (Lipinski definition) is 0. The number of hydrogen-bond acceptors (Lipinski definition) is 1. The Kier molecular flexibility index (Phi) is 0.857. The van der Waals surface area contributed by atoms with Crippen molar-refractivity contribution in [2.75, 3.05) is 0 Å². The van der Waals surface area contributed by atoms with E-state index in [9.17, 15) is 0 Å². The summed E-state index contributed by atoms with van der Waals surface area (Å²) < 4.78 is 0. The Morgan fingerprint density at radius 3 is 1.57 bits per heavy atom. The van der Waals surface area contributed by atoms with E-state index >= 15 is 0 Å². The van der Waals surface area contributed by atoms with E-state index in [1.165, 1.54) is 25.7 Å². The minimum atomic E-state index is 1.10. The van der Waals surface area contributed by atoms with Gasteiger partial charge in [0.05, 0.1) is 0 Å². The maximum Gasteiger partial charge on any atom is 0.00506 e. The molecule has 2 aliphatic rings. The van der Waals surface area contributed by atoms with Gasteiger partial charge in [0, 0.05) is 10.5 Å². The van der Waals surface area contributed by atoms with Crippen LogP contribution in [0.2, 0.25) is 0 Å². The zero-order valence-electron chi connectivity index (χ0n) is 4.39. The minimum Gasteiger partial charge on any atom is -0.155 e. The summed E-state index contributed by atoms with van der Waals surface area (Å²) in [6.45, 7) is 0. The molecule has 0 aromatic rings. The van der Waals surface area contributed by atoms with Crippen LogP contribution < -0.4 is 0 Å². The minimum absolute atomic E-state index is 1.10. The van der Waals surface area contributed by atoms with Crippen LogP contribution in [0.1, 0.15) is 25.7 Å².